The first-order valence-electron chi connectivity index (χ1n) is 7.69. The van der Waals surface area contributed by atoms with Crippen LogP contribution in [0.3, 0.4) is 0 Å². The third-order valence-electron chi connectivity index (χ3n) is 3.41. The molecule has 1 aliphatic rings. The Kier molecular flexibility index (Phi) is 6.16. The van der Waals surface area contributed by atoms with Crippen LogP contribution in [0.1, 0.15) is 45.7 Å². The van der Waals surface area contributed by atoms with Crippen molar-refractivity contribution in [3.05, 3.63) is 29.6 Å². The van der Waals surface area contributed by atoms with Crippen LogP contribution in [-0.2, 0) is 0 Å². The molecule has 0 amide bonds. The SMILES string of the molecule is CC(C)COc1cc(C2N=C(Cl)SC2CC(C)C)ccc1F. The van der Waals surface area contributed by atoms with Crippen molar-refractivity contribution in [3.8, 4) is 5.75 Å². The van der Waals surface area contributed by atoms with E-state index < -0.39 is 0 Å². The average molecular weight is 344 g/mol. The lowest BCUT2D eigenvalue weighted by atomic mass is 9.97. The molecule has 0 aromatic heterocycles. The second-order valence-electron chi connectivity index (χ2n) is 6.51. The molecule has 0 saturated carbocycles. The van der Waals surface area contributed by atoms with E-state index in [0.29, 0.717) is 33.9 Å². The summed E-state index contributed by atoms with van der Waals surface area (Å²) in [5.41, 5.74) is 0.967. The molecule has 2 rings (SSSR count). The van der Waals surface area contributed by atoms with Gasteiger partial charge in [-0.2, -0.15) is 0 Å². The van der Waals surface area contributed by atoms with Crippen LogP contribution in [0.25, 0.3) is 0 Å². The van der Waals surface area contributed by atoms with Crippen molar-refractivity contribution in [1.29, 1.82) is 0 Å². The van der Waals surface area contributed by atoms with E-state index in [1.165, 1.54) is 6.07 Å². The fourth-order valence-electron chi connectivity index (χ4n) is 2.41. The molecule has 0 bridgehead atoms. The predicted molar refractivity (Wildman–Crippen MR) is 93.6 cm³/mol. The number of benzene rings is 1. The molecule has 1 aromatic carbocycles. The number of hydrogen-bond acceptors (Lipinski definition) is 3. The summed E-state index contributed by atoms with van der Waals surface area (Å²) < 4.78 is 20.1. The lowest BCUT2D eigenvalue weighted by molar-refractivity contribution is 0.259. The molecule has 2 nitrogen and oxygen atoms in total. The molecule has 0 N–H and O–H groups in total. The van der Waals surface area contributed by atoms with Gasteiger partial charge in [0.05, 0.1) is 12.6 Å². The van der Waals surface area contributed by atoms with E-state index in [1.54, 1.807) is 23.9 Å². The summed E-state index contributed by atoms with van der Waals surface area (Å²) in [6.07, 6.45) is 1.02. The minimum atomic E-state index is -0.328. The van der Waals surface area contributed by atoms with Gasteiger partial charge in [-0.3, -0.25) is 4.99 Å². The van der Waals surface area contributed by atoms with Crippen LogP contribution in [-0.4, -0.2) is 16.4 Å². The molecule has 0 fully saturated rings. The topological polar surface area (TPSA) is 21.6 Å². The molecule has 2 unspecified atom stereocenters. The van der Waals surface area contributed by atoms with Gasteiger partial charge in [0.1, 0.15) is 0 Å². The van der Waals surface area contributed by atoms with E-state index in [9.17, 15) is 4.39 Å². The zero-order valence-electron chi connectivity index (χ0n) is 13.5. The summed E-state index contributed by atoms with van der Waals surface area (Å²) in [5, 5.41) is 0.302. The maximum absolute atomic E-state index is 13.9. The minimum absolute atomic E-state index is 0.0260. The number of rotatable bonds is 6. The largest absolute Gasteiger partial charge is 0.490 e. The van der Waals surface area contributed by atoms with Crippen LogP contribution in [0.2, 0.25) is 0 Å². The molecule has 2 atom stereocenters. The molecule has 1 aromatic rings. The van der Waals surface area contributed by atoms with Crippen LogP contribution >= 0.6 is 23.4 Å². The summed E-state index contributed by atoms with van der Waals surface area (Å²) >= 11 is 7.72. The summed E-state index contributed by atoms with van der Waals surface area (Å²) in [4.78, 5) is 4.53. The zero-order valence-corrected chi connectivity index (χ0v) is 15.0. The molecule has 0 aliphatic carbocycles. The molecule has 0 radical (unpaired) electrons. The van der Waals surface area contributed by atoms with Crippen molar-refractivity contribution in [2.75, 3.05) is 6.61 Å². The smallest absolute Gasteiger partial charge is 0.165 e. The van der Waals surface area contributed by atoms with Gasteiger partial charge in [0.15, 0.2) is 16.1 Å². The number of hydrogen-bond donors (Lipinski definition) is 0. The summed E-state index contributed by atoms with van der Waals surface area (Å²) in [6, 6.07) is 5.00. The fourth-order valence-corrected chi connectivity index (χ4v) is 4.11. The Labute approximate surface area is 141 Å². The predicted octanol–water partition coefficient (Wildman–Crippen LogP) is 5.66. The Morgan fingerprint density at radius 1 is 1.27 bits per heavy atom. The Morgan fingerprint density at radius 2 is 2.00 bits per heavy atom. The second-order valence-corrected chi connectivity index (χ2v) is 8.32. The van der Waals surface area contributed by atoms with Crippen LogP contribution in [0.5, 0.6) is 5.75 Å². The fraction of sp³-hybridized carbons (Fsp3) is 0.588. The maximum Gasteiger partial charge on any atom is 0.165 e. The second kappa shape index (κ2) is 7.69. The zero-order chi connectivity index (χ0) is 16.3. The highest BCUT2D eigenvalue weighted by Crippen LogP contribution is 2.42. The van der Waals surface area contributed by atoms with E-state index >= 15 is 0 Å². The van der Waals surface area contributed by atoms with Crippen molar-refractivity contribution in [1.82, 2.24) is 0 Å². The van der Waals surface area contributed by atoms with Gasteiger partial charge >= 0.3 is 0 Å². The minimum Gasteiger partial charge on any atom is -0.490 e. The van der Waals surface area contributed by atoms with E-state index in [4.69, 9.17) is 16.3 Å². The molecule has 1 aliphatic heterocycles. The third-order valence-corrected chi connectivity index (χ3v) is 4.83. The van der Waals surface area contributed by atoms with Gasteiger partial charge in [0.2, 0.25) is 0 Å². The van der Waals surface area contributed by atoms with Gasteiger partial charge in [-0.15, -0.1) is 0 Å². The highest BCUT2D eigenvalue weighted by Gasteiger charge is 2.31. The maximum atomic E-state index is 13.9. The summed E-state index contributed by atoms with van der Waals surface area (Å²) in [7, 11) is 0. The molecular formula is C17H23ClFNOS. The molecule has 122 valence electrons. The Hall–Kier alpha value is -0.740. The van der Waals surface area contributed by atoms with Crippen LogP contribution in [0.15, 0.2) is 23.2 Å². The van der Waals surface area contributed by atoms with Crippen molar-refractivity contribution in [3.63, 3.8) is 0 Å². The monoisotopic (exact) mass is 343 g/mol. The highest BCUT2D eigenvalue weighted by atomic mass is 35.5. The number of aliphatic imine (C=N–C) groups is 1. The van der Waals surface area contributed by atoms with Gasteiger partial charge < -0.3 is 4.74 Å². The first kappa shape index (κ1) is 17.6. The average Bonchev–Trinajstić information content (AvgIpc) is 2.77. The van der Waals surface area contributed by atoms with Crippen molar-refractivity contribution in [2.45, 2.75) is 45.4 Å². The van der Waals surface area contributed by atoms with Crippen LogP contribution in [0.4, 0.5) is 4.39 Å². The molecule has 0 spiro atoms. The molecular weight excluding hydrogens is 321 g/mol. The standard InChI is InChI=1S/C17H23ClFNOS/c1-10(2)7-15-16(20-17(18)22-15)12-5-6-13(19)14(8-12)21-9-11(3)4/h5-6,8,10-11,15-16H,7,9H2,1-4H3. The Morgan fingerprint density at radius 3 is 2.64 bits per heavy atom. The summed E-state index contributed by atoms with van der Waals surface area (Å²) in [5.74, 6) is 0.893. The first-order chi connectivity index (χ1) is 10.4. The van der Waals surface area contributed by atoms with Crippen LogP contribution < -0.4 is 4.74 Å². The Balaban J connectivity index is 2.21. The van der Waals surface area contributed by atoms with E-state index in [2.05, 4.69) is 18.8 Å². The van der Waals surface area contributed by atoms with Crippen molar-refractivity contribution < 1.29 is 9.13 Å². The molecule has 22 heavy (non-hydrogen) atoms. The van der Waals surface area contributed by atoms with Crippen molar-refractivity contribution in [2.24, 2.45) is 16.8 Å². The van der Waals surface area contributed by atoms with Gasteiger partial charge in [-0.1, -0.05) is 57.1 Å². The molecule has 1 heterocycles. The van der Waals surface area contributed by atoms with Gasteiger partial charge in [0.25, 0.3) is 0 Å². The van der Waals surface area contributed by atoms with E-state index in [0.717, 1.165) is 12.0 Å². The van der Waals surface area contributed by atoms with Crippen LogP contribution in [0, 0.1) is 17.7 Å². The van der Waals surface area contributed by atoms with Gasteiger partial charge in [-0.25, -0.2) is 4.39 Å². The third kappa shape index (κ3) is 4.63. The lowest BCUT2D eigenvalue weighted by Gasteiger charge is -2.20. The first-order valence-corrected chi connectivity index (χ1v) is 8.94. The highest BCUT2D eigenvalue weighted by molar-refractivity contribution is 8.17. The number of thioether (sulfide) groups is 1. The quantitative estimate of drug-likeness (QED) is 0.664. The number of ether oxygens (including phenoxy) is 1. The van der Waals surface area contributed by atoms with Crippen molar-refractivity contribution >= 4 is 27.9 Å². The Bertz CT molecular complexity index is 547. The van der Waals surface area contributed by atoms with Gasteiger partial charge in [-0.05, 0) is 36.0 Å². The molecule has 5 heteroatoms. The number of halogens is 2. The summed E-state index contributed by atoms with van der Waals surface area (Å²) in [6.45, 7) is 8.95. The van der Waals surface area contributed by atoms with Gasteiger partial charge in [0, 0.05) is 5.25 Å². The number of nitrogens with zero attached hydrogens (tertiary/aromatic N) is 1. The normalized spacial score (nSPS) is 21.5. The molecule has 0 saturated heterocycles. The van der Waals surface area contributed by atoms with E-state index in [-0.39, 0.29) is 11.9 Å². The lowest BCUT2D eigenvalue weighted by Crippen LogP contribution is -2.13. The van der Waals surface area contributed by atoms with E-state index in [1.807, 2.05) is 13.8 Å².